The Balaban J connectivity index is 1.51. The molecule has 0 bridgehead atoms. The molecule has 0 aliphatic carbocycles. The monoisotopic (exact) mass is 370 g/mol. The molecule has 2 heterocycles. The summed E-state index contributed by atoms with van der Waals surface area (Å²) in [7, 11) is 0. The fourth-order valence-electron chi connectivity index (χ4n) is 3.89. The first-order valence-corrected chi connectivity index (χ1v) is 9.07. The van der Waals surface area contributed by atoms with E-state index < -0.39 is 11.7 Å². The van der Waals surface area contributed by atoms with E-state index in [9.17, 15) is 18.0 Å². The molecule has 1 unspecified atom stereocenters. The highest BCUT2D eigenvalue weighted by molar-refractivity contribution is 5.72. The van der Waals surface area contributed by atoms with Crippen molar-refractivity contribution in [3.63, 3.8) is 0 Å². The van der Waals surface area contributed by atoms with Gasteiger partial charge in [-0.15, -0.1) is 0 Å². The molecule has 1 atom stereocenters. The van der Waals surface area contributed by atoms with E-state index in [0.29, 0.717) is 18.7 Å². The Morgan fingerprint density at radius 2 is 2.04 bits per heavy atom. The van der Waals surface area contributed by atoms with Gasteiger partial charge < -0.3 is 10.1 Å². The molecule has 2 aliphatic rings. The predicted molar refractivity (Wildman–Crippen MR) is 91.5 cm³/mol. The van der Waals surface area contributed by atoms with Gasteiger partial charge in [0.25, 0.3) is 0 Å². The average Bonchev–Trinajstić information content (AvgIpc) is 2.98. The Morgan fingerprint density at radius 1 is 1.31 bits per heavy atom. The molecule has 2 saturated heterocycles. The van der Waals surface area contributed by atoms with Gasteiger partial charge in [-0.1, -0.05) is 18.2 Å². The molecule has 0 saturated carbocycles. The maximum Gasteiger partial charge on any atom is 0.416 e. The zero-order valence-corrected chi connectivity index (χ0v) is 14.9. The SMILES string of the molecule is CC(=O)NCC1CCC2(CCN(Cc3cccc(C(F)(F)F)c3)CC2)O1. The fourth-order valence-corrected chi connectivity index (χ4v) is 3.89. The number of ether oxygens (including phenoxy) is 1. The Hall–Kier alpha value is -1.60. The van der Waals surface area contributed by atoms with Gasteiger partial charge in [0.2, 0.25) is 5.91 Å². The van der Waals surface area contributed by atoms with Crippen molar-refractivity contribution in [3.05, 3.63) is 35.4 Å². The lowest BCUT2D eigenvalue weighted by Gasteiger charge is -2.39. The van der Waals surface area contributed by atoms with Crippen molar-refractivity contribution in [3.8, 4) is 0 Å². The molecule has 144 valence electrons. The second-order valence-electron chi connectivity index (χ2n) is 7.37. The minimum absolute atomic E-state index is 0.0505. The minimum atomic E-state index is -4.30. The highest BCUT2D eigenvalue weighted by Crippen LogP contribution is 2.39. The highest BCUT2D eigenvalue weighted by atomic mass is 19.4. The van der Waals surface area contributed by atoms with Gasteiger partial charge in [0.1, 0.15) is 0 Å². The number of carbonyl (C=O) groups is 1. The first-order chi connectivity index (χ1) is 12.3. The van der Waals surface area contributed by atoms with Crippen LogP contribution >= 0.6 is 0 Å². The Morgan fingerprint density at radius 3 is 2.69 bits per heavy atom. The third kappa shape index (κ3) is 4.76. The molecule has 0 radical (unpaired) electrons. The van der Waals surface area contributed by atoms with Crippen LogP contribution in [0.2, 0.25) is 0 Å². The smallest absolute Gasteiger partial charge is 0.370 e. The van der Waals surface area contributed by atoms with Gasteiger partial charge in [-0.25, -0.2) is 0 Å². The molecule has 1 N–H and O–H groups in total. The molecule has 1 spiro atoms. The van der Waals surface area contributed by atoms with E-state index >= 15 is 0 Å². The highest BCUT2D eigenvalue weighted by Gasteiger charge is 2.42. The van der Waals surface area contributed by atoms with Crippen LogP contribution in [0.4, 0.5) is 13.2 Å². The van der Waals surface area contributed by atoms with Gasteiger partial charge in [0.05, 0.1) is 17.3 Å². The van der Waals surface area contributed by atoms with Crippen LogP contribution in [0, 0.1) is 0 Å². The molecule has 2 fully saturated rings. The van der Waals surface area contributed by atoms with Gasteiger partial charge in [0, 0.05) is 33.1 Å². The molecule has 1 amide bonds. The van der Waals surface area contributed by atoms with Crippen molar-refractivity contribution in [2.75, 3.05) is 19.6 Å². The van der Waals surface area contributed by atoms with Crippen LogP contribution in [0.5, 0.6) is 0 Å². The molecule has 4 nitrogen and oxygen atoms in total. The second kappa shape index (κ2) is 7.56. The van der Waals surface area contributed by atoms with Gasteiger partial charge in [0.15, 0.2) is 0 Å². The van der Waals surface area contributed by atoms with Crippen LogP contribution in [-0.2, 0) is 22.3 Å². The van der Waals surface area contributed by atoms with Crippen LogP contribution in [0.3, 0.4) is 0 Å². The number of amides is 1. The number of rotatable bonds is 4. The number of hydrogen-bond donors (Lipinski definition) is 1. The zero-order chi connectivity index (χ0) is 18.8. The number of benzene rings is 1. The number of halogens is 3. The minimum Gasteiger partial charge on any atom is -0.370 e. The summed E-state index contributed by atoms with van der Waals surface area (Å²) in [6.45, 7) is 4.18. The molecular formula is C19H25F3N2O2. The summed E-state index contributed by atoms with van der Waals surface area (Å²) in [5, 5.41) is 2.80. The summed E-state index contributed by atoms with van der Waals surface area (Å²) in [5.74, 6) is -0.0505. The van der Waals surface area contributed by atoms with E-state index in [4.69, 9.17) is 4.74 Å². The number of hydrogen-bond acceptors (Lipinski definition) is 3. The molecular weight excluding hydrogens is 345 g/mol. The summed E-state index contributed by atoms with van der Waals surface area (Å²) >= 11 is 0. The van der Waals surface area contributed by atoms with E-state index in [1.165, 1.54) is 19.1 Å². The van der Waals surface area contributed by atoms with Crippen molar-refractivity contribution >= 4 is 5.91 Å². The lowest BCUT2D eigenvalue weighted by molar-refractivity contribution is -0.137. The van der Waals surface area contributed by atoms with Crippen LogP contribution in [0.1, 0.15) is 43.7 Å². The number of carbonyl (C=O) groups excluding carboxylic acids is 1. The number of alkyl halides is 3. The van der Waals surface area contributed by atoms with E-state index in [1.807, 2.05) is 0 Å². The number of likely N-dealkylation sites (tertiary alicyclic amines) is 1. The van der Waals surface area contributed by atoms with Gasteiger partial charge in [-0.05, 0) is 37.3 Å². The second-order valence-corrected chi connectivity index (χ2v) is 7.37. The molecule has 26 heavy (non-hydrogen) atoms. The van der Waals surface area contributed by atoms with Crippen LogP contribution < -0.4 is 5.32 Å². The third-order valence-electron chi connectivity index (χ3n) is 5.35. The molecule has 2 aliphatic heterocycles. The summed E-state index contributed by atoms with van der Waals surface area (Å²) in [4.78, 5) is 13.2. The van der Waals surface area contributed by atoms with Gasteiger partial charge >= 0.3 is 6.18 Å². The van der Waals surface area contributed by atoms with E-state index in [1.54, 1.807) is 6.07 Å². The van der Waals surface area contributed by atoms with Gasteiger partial charge in [-0.2, -0.15) is 13.2 Å². The first-order valence-electron chi connectivity index (χ1n) is 9.07. The molecule has 7 heteroatoms. The van der Waals surface area contributed by atoms with Crippen molar-refractivity contribution in [1.29, 1.82) is 0 Å². The summed E-state index contributed by atoms with van der Waals surface area (Å²) in [5.41, 5.74) is -0.0388. The topological polar surface area (TPSA) is 41.6 Å². The summed E-state index contributed by atoms with van der Waals surface area (Å²) < 4.78 is 44.7. The largest absolute Gasteiger partial charge is 0.416 e. The molecule has 1 aromatic rings. The number of piperidine rings is 1. The van der Waals surface area contributed by atoms with E-state index in [-0.39, 0.29) is 17.6 Å². The Labute approximate surface area is 151 Å². The predicted octanol–water partition coefficient (Wildman–Crippen LogP) is 3.36. The molecule has 1 aromatic carbocycles. The van der Waals surface area contributed by atoms with Crippen LogP contribution in [-0.4, -0.2) is 42.1 Å². The molecule has 3 rings (SSSR count). The van der Waals surface area contributed by atoms with Gasteiger partial charge in [-0.3, -0.25) is 9.69 Å². The summed E-state index contributed by atoms with van der Waals surface area (Å²) in [6, 6.07) is 5.56. The third-order valence-corrected chi connectivity index (χ3v) is 5.35. The Kier molecular flexibility index (Phi) is 5.58. The maximum atomic E-state index is 12.8. The van der Waals surface area contributed by atoms with E-state index in [0.717, 1.165) is 44.8 Å². The standard InChI is InChI=1S/C19H25F3N2O2/c1-14(25)23-12-17-5-6-18(26-17)7-9-24(10-8-18)13-15-3-2-4-16(11-15)19(20,21)22/h2-4,11,17H,5-10,12-13H2,1H3,(H,23,25). The quantitative estimate of drug-likeness (QED) is 0.884. The normalized spacial score (nSPS) is 23.3. The maximum absolute atomic E-state index is 12.8. The van der Waals surface area contributed by atoms with Crippen molar-refractivity contribution in [2.45, 2.75) is 57.0 Å². The van der Waals surface area contributed by atoms with Crippen LogP contribution in [0.15, 0.2) is 24.3 Å². The van der Waals surface area contributed by atoms with Crippen molar-refractivity contribution < 1.29 is 22.7 Å². The first kappa shape index (κ1) is 19.2. The lowest BCUT2D eigenvalue weighted by Crippen LogP contribution is -2.44. The Bertz CT molecular complexity index is 640. The fraction of sp³-hybridized carbons (Fsp3) is 0.632. The zero-order valence-electron chi connectivity index (χ0n) is 14.9. The average molecular weight is 370 g/mol. The van der Waals surface area contributed by atoms with Crippen LogP contribution in [0.25, 0.3) is 0 Å². The lowest BCUT2D eigenvalue weighted by atomic mass is 9.88. The van der Waals surface area contributed by atoms with Crippen molar-refractivity contribution in [1.82, 2.24) is 10.2 Å². The summed E-state index contributed by atoms with van der Waals surface area (Å²) in [6.07, 6.45) is -0.565. The van der Waals surface area contributed by atoms with E-state index in [2.05, 4.69) is 10.2 Å². The number of nitrogens with zero attached hydrogens (tertiary/aromatic N) is 1. The number of nitrogens with one attached hydrogen (secondary N) is 1. The van der Waals surface area contributed by atoms with Crippen molar-refractivity contribution in [2.24, 2.45) is 0 Å². The molecule has 0 aromatic heterocycles.